The van der Waals surface area contributed by atoms with Crippen molar-refractivity contribution in [3.8, 4) is 0 Å². The number of fused-ring (bicyclic) bond motifs is 1. The lowest BCUT2D eigenvalue weighted by atomic mass is 10.0. The van der Waals surface area contributed by atoms with Gasteiger partial charge in [-0.25, -0.2) is 9.18 Å². The van der Waals surface area contributed by atoms with Crippen LogP contribution in [0.3, 0.4) is 0 Å². The molecule has 8 heteroatoms. The molecule has 0 saturated carbocycles. The minimum Gasteiger partial charge on any atom is -0.320 e. The summed E-state index contributed by atoms with van der Waals surface area (Å²) in [7, 11) is 1.87. The van der Waals surface area contributed by atoms with Gasteiger partial charge in [0.05, 0.1) is 24.3 Å². The molecule has 0 spiro atoms. The summed E-state index contributed by atoms with van der Waals surface area (Å²) in [4.78, 5) is 29.7. The summed E-state index contributed by atoms with van der Waals surface area (Å²) in [5.74, 6) is -1.02. The van der Waals surface area contributed by atoms with E-state index in [0.717, 1.165) is 16.9 Å². The topological polar surface area (TPSA) is 70.5 Å². The highest BCUT2D eigenvalue weighted by Gasteiger charge is 2.29. The number of urea groups is 1. The summed E-state index contributed by atoms with van der Waals surface area (Å²) >= 11 is 0. The van der Waals surface area contributed by atoms with Gasteiger partial charge in [-0.3, -0.25) is 9.48 Å². The lowest BCUT2D eigenvalue weighted by molar-refractivity contribution is 0.0980. The Morgan fingerprint density at radius 3 is 2.36 bits per heavy atom. The van der Waals surface area contributed by atoms with Gasteiger partial charge in [-0.2, -0.15) is 5.10 Å². The smallest absolute Gasteiger partial charge is 0.320 e. The molecular weight excluding hydrogens is 457 g/mol. The number of carbonyl (C=O) groups excluding carboxylic acids is 2. The van der Waals surface area contributed by atoms with E-state index in [2.05, 4.69) is 5.32 Å². The van der Waals surface area contributed by atoms with Crippen LogP contribution in [0.5, 0.6) is 0 Å². The third-order valence-corrected chi connectivity index (χ3v) is 6.36. The van der Waals surface area contributed by atoms with Crippen LogP contribution < -0.4 is 10.2 Å². The van der Waals surface area contributed by atoms with Crippen LogP contribution in [0.15, 0.2) is 84.9 Å². The number of rotatable bonds is 5. The molecule has 5 rings (SSSR count). The fourth-order valence-corrected chi connectivity index (χ4v) is 4.51. The van der Waals surface area contributed by atoms with Gasteiger partial charge >= 0.3 is 6.03 Å². The molecule has 3 aromatic carbocycles. The molecule has 0 bridgehead atoms. The van der Waals surface area contributed by atoms with E-state index in [0.29, 0.717) is 30.9 Å². The number of benzene rings is 3. The second-order valence-corrected chi connectivity index (χ2v) is 8.67. The number of anilines is 2. The van der Waals surface area contributed by atoms with E-state index >= 15 is 0 Å². The maximum Gasteiger partial charge on any atom is 0.322 e. The average molecular weight is 484 g/mol. The maximum absolute atomic E-state index is 14.5. The first-order valence-corrected chi connectivity index (χ1v) is 11.8. The van der Waals surface area contributed by atoms with Crippen LogP contribution in [0.2, 0.25) is 0 Å². The van der Waals surface area contributed by atoms with Crippen LogP contribution >= 0.6 is 0 Å². The quantitative estimate of drug-likeness (QED) is 0.435. The van der Waals surface area contributed by atoms with Gasteiger partial charge in [0.1, 0.15) is 5.82 Å². The van der Waals surface area contributed by atoms with Crippen molar-refractivity contribution < 1.29 is 14.0 Å². The fourth-order valence-electron chi connectivity index (χ4n) is 4.51. The van der Waals surface area contributed by atoms with E-state index in [4.69, 9.17) is 5.10 Å². The molecule has 1 aliphatic heterocycles. The number of hydrogen-bond donors (Lipinski definition) is 1. The van der Waals surface area contributed by atoms with Crippen LogP contribution in [0.4, 0.5) is 20.6 Å². The van der Waals surface area contributed by atoms with Gasteiger partial charge in [0.25, 0.3) is 5.91 Å². The molecule has 0 radical (unpaired) electrons. The molecular formula is C28H26FN5O2. The van der Waals surface area contributed by atoms with E-state index in [1.807, 2.05) is 72.4 Å². The molecule has 0 unspecified atom stereocenters. The van der Waals surface area contributed by atoms with Gasteiger partial charge in [-0.05, 0) is 36.4 Å². The molecule has 4 aromatic rings. The molecule has 1 aliphatic rings. The Morgan fingerprint density at radius 1 is 0.972 bits per heavy atom. The summed E-state index contributed by atoms with van der Waals surface area (Å²) < 4.78 is 16.3. The Hall–Kier alpha value is -4.46. The molecule has 2 heterocycles. The maximum atomic E-state index is 14.5. The van der Waals surface area contributed by atoms with E-state index in [-0.39, 0.29) is 18.1 Å². The number of aryl methyl sites for hydroxylation is 1. The van der Waals surface area contributed by atoms with Crippen molar-refractivity contribution in [2.24, 2.45) is 7.05 Å². The van der Waals surface area contributed by atoms with E-state index in [1.165, 1.54) is 17.0 Å². The first-order valence-electron chi connectivity index (χ1n) is 11.8. The first-order chi connectivity index (χ1) is 17.5. The average Bonchev–Trinajstić information content (AvgIpc) is 3.22. The summed E-state index contributed by atoms with van der Waals surface area (Å²) in [5.41, 5.74) is 3.98. The monoisotopic (exact) mass is 483 g/mol. The van der Waals surface area contributed by atoms with Gasteiger partial charge in [-0.15, -0.1) is 0 Å². The third kappa shape index (κ3) is 4.70. The molecule has 1 N–H and O–H groups in total. The summed E-state index contributed by atoms with van der Waals surface area (Å²) in [6.45, 7) is 1.07. The van der Waals surface area contributed by atoms with Crippen molar-refractivity contribution in [1.29, 1.82) is 0 Å². The van der Waals surface area contributed by atoms with Crippen molar-refractivity contribution >= 4 is 23.3 Å². The molecule has 0 aliphatic carbocycles. The third-order valence-electron chi connectivity index (χ3n) is 6.36. The number of nitrogens with one attached hydrogen (secondary N) is 1. The van der Waals surface area contributed by atoms with Crippen LogP contribution in [0.25, 0.3) is 0 Å². The van der Waals surface area contributed by atoms with Crippen molar-refractivity contribution in [3.05, 3.63) is 113 Å². The van der Waals surface area contributed by atoms with Gasteiger partial charge in [0.2, 0.25) is 0 Å². The van der Waals surface area contributed by atoms with Gasteiger partial charge in [0, 0.05) is 42.6 Å². The predicted octanol–water partition coefficient (Wildman–Crippen LogP) is 5.00. The van der Waals surface area contributed by atoms with E-state index in [1.54, 1.807) is 17.0 Å². The number of aromatic nitrogens is 2. The zero-order chi connectivity index (χ0) is 25.1. The zero-order valence-corrected chi connectivity index (χ0v) is 19.9. The highest BCUT2D eigenvalue weighted by molar-refractivity contribution is 6.06. The highest BCUT2D eigenvalue weighted by atomic mass is 19.1. The Bertz CT molecular complexity index is 1390. The number of halogens is 1. The van der Waals surface area contributed by atoms with E-state index in [9.17, 15) is 14.0 Å². The number of hydrogen-bond acceptors (Lipinski definition) is 3. The van der Waals surface area contributed by atoms with Crippen molar-refractivity contribution in [2.75, 3.05) is 16.8 Å². The van der Waals surface area contributed by atoms with E-state index < -0.39 is 11.7 Å². The molecule has 0 fully saturated rings. The van der Waals surface area contributed by atoms with Crippen LogP contribution in [0, 0.1) is 5.82 Å². The molecule has 3 amide bonds. The first kappa shape index (κ1) is 23.3. The number of carbonyl (C=O) groups is 2. The van der Waals surface area contributed by atoms with Gasteiger partial charge in [0.15, 0.2) is 0 Å². The second-order valence-electron chi connectivity index (χ2n) is 8.67. The molecule has 36 heavy (non-hydrogen) atoms. The van der Waals surface area contributed by atoms with Gasteiger partial charge < -0.3 is 15.1 Å². The van der Waals surface area contributed by atoms with Crippen LogP contribution in [-0.4, -0.2) is 33.2 Å². The lowest BCUT2D eigenvalue weighted by Gasteiger charge is -2.29. The van der Waals surface area contributed by atoms with Gasteiger partial charge in [-0.1, -0.05) is 48.5 Å². The molecule has 1 aromatic heterocycles. The second kappa shape index (κ2) is 10.0. The lowest BCUT2D eigenvalue weighted by Crippen LogP contribution is -2.39. The van der Waals surface area contributed by atoms with Crippen molar-refractivity contribution in [3.63, 3.8) is 0 Å². The Kier molecular flexibility index (Phi) is 6.49. The van der Waals surface area contributed by atoms with Crippen molar-refractivity contribution in [1.82, 2.24) is 14.7 Å². The minimum absolute atomic E-state index is 0.00461. The number of amides is 3. The SMILES string of the molecule is Cn1nc(CN(C(=O)c2ccccc2F)c2ccccc2)c2c1CCN(C(=O)Nc1ccccc1)C2. The minimum atomic E-state index is -0.574. The normalized spacial score (nSPS) is 12.7. The number of nitrogens with zero attached hydrogens (tertiary/aromatic N) is 4. The standard InChI is InChI=1S/C28H26FN5O2/c1-32-26-16-17-33(28(36)30-20-10-4-2-5-11-20)18-23(26)25(31-32)19-34(21-12-6-3-7-13-21)27(35)22-14-8-9-15-24(22)29/h2-15H,16-19H2,1H3,(H,30,36). The molecule has 7 nitrogen and oxygen atoms in total. The predicted molar refractivity (Wildman–Crippen MR) is 136 cm³/mol. The fraction of sp³-hybridized carbons (Fsp3) is 0.179. The summed E-state index contributed by atoms with van der Waals surface area (Å²) in [5, 5.41) is 7.64. The Labute approximate surface area is 208 Å². The zero-order valence-electron chi connectivity index (χ0n) is 19.9. The van der Waals surface area contributed by atoms with Crippen LogP contribution in [0.1, 0.15) is 27.3 Å². The number of para-hydroxylation sites is 2. The highest BCUT2D eigenvalue weighted by Crippen LogP contribution is 2.27. The van der Waals surface area contributed by atoms with Crippen LogP contribution in [-0.2, 0) is 26.6 Å². The Balaban J connectivity index is 1.44. The molecule has 182 valence electrons. The summed E-state index contributed by atoms with van der Waals surface area (Å²) in [6.07, 6.45) is 0.646. The molecule has 0 atom stereocenters. The largest absolute Gasteiger partial charge is 0.322 e. The molecule has 0 saturated heterocycles. The van der Waals surface area contributed by atoms with Crippen molar-refractivity contribution in [2.45, 2.75) is 19.5 Å². The Morgan fingerprint density at radius 2 is 1.64 bits per heavy atom. The summed E-state index contributed by atoms with van der Waals surface area (Å²) in [6, 6.07) is 24.2.